The highest BCUT2D eigenvalue weighted by atomic mass is 16.5. The average molecular weight is 536 g/mol. The molecule has 202 valence electrons. The fraction of sp³-hybridized carbons (Fsp3) is 0.226. The van der Waals surface area contributed by atoms with Gasteiger partial charge in [-0.25, -0.2) is 9.97 Å². The summed E-state index contributed by atoms with van der Waals surface area (Å²) in [6.45, 7) is 6.57. The van der Waals surface area contributed by atoms with Gasteiger partial charge in [0.05, 0.1) is 36.1 Å². The molecule has 9 heteroatoms. The quantitative estimate of drug-likeness (QED) is 0.245. The van der Waals surface area contributed by atoms with Gasteiger partial charge in [0.1, 0.15) is 23.0 Å². The van der Waals surface area contributed by atoms with Gasteiger partial charge in [0.25, 0.3) is 5.91 Å². The van der Waals surface area contributed by atoms with Crippen LogP contribution in [0.15, 0.2) is 53.1 Å². The molecule has 2 N–H and O–H groups in total. The van der Waals surface area contributed by atoms with Crippen LogP contribution in [0.1, 0.15) is 27.6 Å². The Balaban J connectivity index is 1.59. The van der Waals surface area contributed by atoms with Gasteiger partial charge in [-0.05, 0) is 49.7 Å². The molecule has 6 rings (SSSR count). The molecule has 0 radical (unpaired) electrons. The highest BCUT2D eigenvalue weighted by Gasteiger charge is 2.22. The van der Waals surface area contributed by atoms with Crippen molar-refractivity contribution in [2.24, 2.45) is 0 Å². The number of benzene rings is 3. The summed E-state index contributed by atoms with van der Waals surface area (Å²) in [5.41, 5.74) is 6.50. The second kappa shape index (κ2) is 10.1. The van der Waals surface area contributed by atoms with Crippen molar-refractivity contribution in [3.05, 3.63) is 71.4 Å². The number of aromatic amines is 1. The third kappa shape index (κ3) is 4.15. The van der Waals surface area contributed by atoms with E-state index in [-0.39, 0.29) is 5.91 Å². The fourth-order valence-electron chi connectivity index (χ4n) is 5.43. The van der Waals surface area contributed by atoms with Crippen molar-refractivity contribution in [3.63, 3.8) is 0 Å². The van der Waals surface area contributed by atoms with Crippen LogP contribution in [-0.4, -0.2) is 53.4 Å². The first-order valence-corrected chi connectivity index (χ1v) is 13.0. The number of fused-ring (bicyclic) bond motifs is 4. The van der Waals surface area contributed by atoms with Crippen LogP contribution in [0.3, 0.4) is 0 Å². The van der Waals surface area contributed by atoms with E-state index in [4.69, 9.17) is 24.0 Å². The second-order valence-corrected chi connectivity index (χ2v) is 9.72. The smallest absolute Gasteiger partial charge is 0.251 e. The number of carbonyl (C=O) groups excluding carboxylic acids is 1. The average Bonchev–Trinajstić information content (AvgIpc) is 3.48. The van der Waals surface area contributed by atoms with Crippen LogP contribution in [0, 0.1) is 20.8 Å². The largest absolute Gasteiger partial charge is 0.496 e. The highest BCUT2D eigenvalue weighted by molar-refractivity contribution is 6.17. The van der Waals surface area contributed by atoms with Gasteiger partial charge in [-0.2, -0.15) is 0 Å². The molecule has 0 unspecified atom stereocenters. The van der Waals surface area contributed by atoms with Gasteiger partial charge in [0, 0.05) is 41.2 Å². The molecule has 0 bridgehead atoms. The lowest BCUT2D eigenvalue weighted by atomic mass is 9.95. The van der Waals surface area contributed by atoms with Gasteiger partial charge < -0.3 is 24.3 Å². The normalized spacial score (nSPS) is 11.5. The van der Waals surface area contributed by atoms with E-state index in [2.05, 4.69) is 15.5 Å². The van der Waals surface area contributed by atoms with Crippen molar-refractivity contribution in [1.82, 2.24) is 25.4 Å². The maximum atomic E-state index is 13.0. The van der Waals surface area contributed by atoms with E-state index in [0.717, 1.165) is 66.5 Å². The molecule has 0 atom stereocenters. The Hall–Kier alpha value is -4.76. The van der Waals surface area contributed by atoms with Crippen molar-refractivity contribution in [2.75, 3.05) is 27.4 Å². The number of nitrogens with zero attached hydrogens (tertiary/aromatic N) is 3. The van der Waals surface area contributed by atoms with Gasteiger partial charge in [-0.1, -0.05) is 35.5 Å². The minimum atomic E-state index is -0.146. The number of aromatic nitrogens is 4. The zero-order chi connectivity index (χ0) is 28.0. The summed E-state index contributed by atoms with van der Waals surface area (Å²) in [6, 6.07) is 15.8. The molecule has 3 heterocycles. The molecule has 3 aromatic carbocycles. The van der Waals surface area contributed by atoms with E-state index < -0.39 is 0 Å². The molecule has 9 nitrogen and oxygen atoms in total. The van der Waals surface area contributed by atoms with Crippen LogP contribution in [0.4, 0.5) is 0 Å². The Morgan fingerprint density at radius 2 is 1.77 bits per heavy atom. The molecule has 0 saturated carbocycles. The molecule has 1 amide bonds. The van der Waals surface area contributed by atoms with E-state index in [1.54, 1.807) is 14.2 Å². The third-order valence-corrected chi connectivity index (χ3v) is 7.20. The van der Waals surface area contributed by atoms with Crippen LogP contribution < -0.4 is 10.1 Å². The van der Waals surface area contributed by atoms with Crippen molar-refractivity contribution in [2.45, 2.75) is 20.8 Å². The molecule has 0 aliphatic rings. The molecule has 0 aliphatic heterocycles. The fourth-order valence-corrected chi connectivity index (χ4v) is 5.43. The maximum Gasteiger partial charge on any atom is 0.251 e. The Kier molecular flexibility index (Phi) is 6.43. The molecule has 0 aliphatic carbocycles. The summed E-state index contributed by atoms with van der Waals surface area (Å²) in [7, 11) is 3.27. The summed E-state index contributed by atoms with van der Waals surface area (Å²) >= 11 is 0. The van der Waals surface area contributed by atoms with E-state index >= 15 is 0 Å². The molecule has 0 saturated heterocycles. The van der Waals surface area contributed by atoms with Gasteiger partial charge in [-0.3, -0.25) is 4.79 Å². The van der Waals surface area contributed by atoms with Gasteiger partial charge in [-0.15, -0.1) is 0 Å². The summed E-state index contributed by atoms with van der Waals surface area (Å²) in [5, 5.41) is 10.6. The molecular weight excluding hydrogens is 506 g/mol. The number of hydrogen-bond acceptors (Lipinski definition) is 7. The highest BCUT2D eigenvalue weighted by Crippen LogP contribution is 2.42. The van der Waals surface area contributed by atoms with Crippen LogP contribution >= 0.6 is 0 Å². The first-order chi connectivity index (χ1) is 19.4. The Morgan fingerprint density at radius 3 is 2.50 bits per heavy atom. The lowest BCUT2D eigenvalue weighted by Gasteiger charge is -2.13. The number of aryl methyl sites for hydroxylation is 3. The van der Waals surface area contributed by atoms with Crippen LogP contribution in [-0.2, 0) is 4.74 Å². The van der Waals surface area contributed by atoms with Crippen molar-refractivity contribution in [1.29, 1.82) is 0 Å². The first kappa shape index (κ1) is 25.5. The first-order valence-electron chi connectivity index (χ1n) is 13.0. The van der Waals surface area contributed by atoms with E-state index in [0.29, 0.717) is 30.3 Å². The van der Waals surface area contributed by atoms with Crippen molar-refractivity contribution < 1.29 is 18.8 Å². The molecule has 0 spiro atoms. The topological polar surface area (TPSA) is 115 Å². The van der Waals surface area contributed by atoms with Crippen molar-refractivity contribution >= 4 is 38.6 Å². The minimum absolute atomic E-state index is 0.146. The summed E-state index contributed by atoms with van der Waals surface area (Å²) in [6.07, 6.45) is 0. The van der Waals surface area contributed by atoms with Gasteiger partial charge >= 0.3 is 0 Å². The Morgan fingerprint density at radius 1 is 0.975 bits per heavy atom. The van der Waals surface area contributed by atoms with Gasteiger partial charge in [0.15, 0.2) is 0 Å². The number of carbonyl (C=O) groups is 1. The molecule has 40 heavy (non-hydrogen) atoms. The summed E-state index contributed by atoms with van der Waals surface area (Å²) < 4.78 is 16.4. The van der Waals surface area contributed by atoms with Crippen LogP contribution in [0.2, 0.25) is 0 Å². The number of methoxy groups -OCH3 is 2. The predicted molar refractivity (Wildman–Crippen MR) is 155 cm³/mol. The van der Waals surface area contributed by atoms with Gasteiger partial charge in [0.2, 0.25) is 0 Å². The third-order valence-electron chi connectivity index (χ3n) is 7.20. The predicted octanol–water partition coefficient (Wildman–Crippen LogP) is 5.90. The van der Waals surface area contributed by atoms with E-state index in [1.807, 2.05) is 69.3 Å². The lowest BCUT2D eigenvalue weighted by Crippen LogP contribution is -2.27. The van der Waals surface area contributed by atoms with Crippen molar-refractivity contribution in [3.8, 4) is 28.1 Å². The minimum Gasteiger partial charge on any atom is -0.496 e. The zero-order valence-corrected chi connectivity index (χ0v) is 23.0. The number of hydrogen-bond donors (Lipinski definition) is 2. The Labute approximate surface area is 230 Å². The SMILES string of the molecule is COCCNC(=O)c1ccc(-c2nc(C)nc3[nH]c4cc(-c5c(C)noc5C)c(OC)cc4c23)c2ccccc12. The number of nitrogens with one attached hydrogen (secondary N) is 2. The number of amides is 1. The Bertz CT molecular complexity index is 1900. The molecule has 3 aromatic heterocycles. The maximum absolute atomic E-state index is 13.0. The lowest BCUT2D eigenvalue weighted by molar-refractivity contribution is 0.0938. The second-order valence-electron chi connectivity index (χ2n) is 9.72. The number of ether oxygens (including phenoxy) is 2. The van der Waals surface area contributed by atoms with Crippen LogP contribution in [0.5, 0.6) is 5.75 Å². The van der Waals surface area contributed by atoms with E-state index in [9.17, 15) is 4.79 Å². The molecule has 0 fully saturated rings. The standard InChI is InChI=1S/C31H29N5O4/c1-16-27(17(2)40-36-16)24-14-25-23(15-26(24)39-5)28-29(33-18(3)34-30(28)35-25)21-10-11-22(31(37)32-12-13-38-4)20-9-7-6-8-19(20)21/h6-11,14-15H,12-13H2,1-5H3,(H,32,37)(H,33,34,35). The zero-order valence-electron chi connectivity index (χ0n) is 23.0. The summed E-state index contributed by atoms with van der Waals surface area (Å²) in [4.78, 5) is 26.2. The molecule has 6 aromatic rings. The monoisotopic (exact) mass is 535 g/mol. The number of H-pyrrole nitrogens is 1. The van der Waals surface area contributed by atoms with Crippen LogP contribution in [0.25, 0.3) is 55.1 Å². The summed E-state index contributed by atoms with van der Waals surface area (Å²) in [5.74, 6) is 1.91. The molecular formula is C31H29N5O4. The van der Waals surface area contributed by atoms with E-state index in [1.165, 1.54) is 0 Å². The number of rotatable bonds is 7.